The van der Waals surface area contributed by atoms with E-state index >= 15 is 0 Å². The first-order chi connectivity index (χ1) is 12.6. The first kappa shape index (κ1) is 23.4. The topological polar surface area (TPSA) is 54.9 Å². The molecular weight excluding hydrogens is 487 g/mol. The van der Waals surface area contributed by atoms with Gasteiger partial charge in [0.25, 0.3) is 0 Å². The summed E-state index contributed by atoms with van der Waals surface area (Å²) in [6.07, 6.45) is 0. The summed E-state index contributed by atoms with van der Waals surface area (Å²) >= 11 is 1.64. The Kier molecular flexibility index (Phi) is 11.0. The minimum atomic E-state index is -2.89. The summed E-state index contributed by atoms with van der Waals surface area (Å²) in [5.74, 6) is 1.01. The molecule has 0 fully saturated rings. The monoisotopic (exact) mass is 511 g/mol. The van der Waals surface area contributed by atoms with Gasteiger partial charge in [-0.2, -0.15) is 20.1 Å². The normalized spacial score (nSPS) is 11.1. The van der Waals surface area contributed by atoms with Gasteiger partial charge in [-0.15, -0.1) is 24.0 Å². The van der Waals surface area contributed by atoms with E-state index in [2.05, 4.69) is 25.7 Å². The van der Waals surface area contributed by atoms with Crippen LogP contribution in [0.25, 0.3) is 0 Å². The highest BCUT2D eigenvalue weighted by Crippen LogP contribution is 2.29. The Balaban J connectivity index is 0.00000364. The molecule has 0 spiro atoms. The molecule has 1 heterocycles. The van der Waals surface area contributed by atoms with Crippen molar-refractivity contribution in [3.63, 3.8) is 0 Å². The molecule has 9 heteroatoms. The maximum atomic E-state index is 12.5. The number of alkyl halides is 2. The summed E-state index contributed by atoms with van der Waals surface area (Å²) in [5, 5.41) is 10.5. The third kappa shape index (κ3) is 8.29. The van der Waals surface area contributed by atoms with Gasteiger partial charge in [-0.3, -0.25) is 0 Å². The third-order valence-corrected chi connectivity index (χ3v) is 4.06. The van der Waals surface area contributed by atoms with Crippen molar-refractivity contribution in [1.82, 2.24) is 10.6 Å². The van der Waals surface area contributed by atoms with Gasteiger partial charge in [-0.1, -0.05) is 6.07 Å². The highest BCUT2D eigenvalue weighted by Gasteiger charge is 2.11. The van der Waals surface area contributed by atoms with Crippen LogP contribution in [0.2, 0.25) is 0 Å². The van der Waals surface area contributed by atoms with Crippen LogP contribution in [0.4, 0.5) is 8.78 Å². The number of aliphatic imine (C=N–C) groups is 1. The summed E-state index contributed by atoms with van der Waals surface area (Å²) in [7, 11) is 0. The first-order valence-electron chi connectivity index (χ1n) is 8.36. The van der Waals surface area contributed by atoms with E-state index in [-0.39, 0.29) is 29.7 Å². The van der Waals surface area contributed by atoms with Crippen LogP contribution in [0.15, 0.2) is 40.0 Å². The standard InChI is InChI=1S/C18H23F2N3O2S.HI/c1-3-21-18(23-11-14-7-8-26-12-14)22-10-13-5-6-15(25-17(19)20)16(9-13)24-4-2;/h5-9,12,17H,3-4,10-11H2,1-2H3,(H2,21,22,23);1H. The SMILES string of the molecule is CCNC(=NCc1ccsc1)NCc1ccc(OC(F)F)c(OCC)c1.I. The van der Waals surface area contributed by atoms with Crippen LogP contribution in [-0.2, 0) is 13.1 Å². The maximum absolute atomic E-state index is 12.5. The van der Waals surface area contributed by atoms with Crippen molar-refractivity contribution in [2.45, 2.75) is 33.5 Å². The zero-order chi connectivity index (χ0) is 18.8. The smallest absolute Gasteiger partial charge is 0.387 e. The van der Waals surface area contributed by atoms with Crippen LogP contribution in [0.5, 0.6) is 11.5 Å². The molecule has 0 saturated carbocycles. The molecule has 0 saturated heterocycles. The van der Waals surface area contributed by atoms with E-state index in [1.807, 2.05) is 18.4 Å². The third-order valence-electron chi connectivity index (χ3n) is 3.33. The van der Waals surface area contributed by atoms with Crippen molar-refractivity contribution in [3.05, 3.63) is 46.2 Å². The number of hydrogen-bond donors (Lipinski definition) is 2. The fraction of sp³-hybridized carbons (Fsp3) is 0.389. The molecule has 1 aromatic carbocycles. The van der Waals surface area contributed by atoms with Crippen LogP contribution in [0.3, 0.4) is 0 Å². The molecule has 0 aliphatic carbocycles. The lowest BCUT2D eigenvalue weighted by atomic mass is 10.2. The molecule has 27 heavy (non-hydrogen) atoms. The van der Waals surface area contributed by atoms with Crippen molar-refractivity contribution in [3.8, 4) is 11.5 Å². The molecule has 0 atom stereocenters. The summed E-state index contributed by atoms with van der Waals surface area (Å²) in [6, 6.07) is 6.93. The number of hydrogen-bond acceptors (Lipinski definition) is 4. The van der Waals surface area contributed by atoms with Crippen LogP contribution >= 0.6 is 35.3 Å². The fourth-order valence-corrected chi connectivity index (χ4v) is 2.86. The van der Waals surface area contributed by atoms with Gasteiger partial charge in [-0.05, 0) is 53.9 Å². The van der Waals surface area contributed by atoms with E-state index in [0.717, 1.165) is 17.7 Å². The second kappa shape index (κ2) is 12.7. The molecule has 2 aromatic rings. The number of rotatable bonds is 9. The van der Waals surface area contributed by atoms with Crippen LogP contribution < -0.4 is 20.1 Å². The lowest BCUT2D eigenvalue weighted by Gasteiger charge is -2.14. The fourth-order valence-electron chi connectivity index (χ4n) is 2.20. The van der Waals surface area contributed by atoms with Crippen molar-refractivity contribution in [1.29, 1.82) is 0 Å². The first-order valence-corrected chi connectivity index (χ1v) is 9.30. The average Bonchev–Trinajstić information content (AvgIpc) is 3.13. The Labute approximate surface area is 179 Å². The van der Waals surface area contributed by atoms with E-state index < -0.39 is 6.61 Å². The Morgan fingerprint density at radius 2 is 1.96 bits per heavy atom. The van der Waals surface area contributed by atoms with Crippen molar-refractivity contribution in [2.75, 3.05) is 13.2 Å². The van der Waals surface area contributed by atoms with E-state index in [1.54, 1.807) is 30.4 Å². The molecule has 2 rings (SSSR count). The zero-order valence-electron chi connectivity index (χ0n) is 15.2. The summed E-state index contributed by atoms with van der Waals surface area (Å²) in [4.78, 5) is 4.53. The summed E-state index contributed by atoms with van der Waals surface area (Å²) < 4.78 is 34.8. The number of benzene rings is 1. The predicted molar refractivity (Wildman–Crippen MR) is 116 cm³/mol. The Bertz CT molecular complexity index is 700. The highest BCUT2D eigenvalue weighted by molar-refractivity contribution is 14.0. The summed E-state index contributed by atoms with van der Waals surface area (Å²) in [5.41, 5.74) is 2.02. The second-order valence-electron chi connectivity index (χ2n) is 5.27. The van der Waals surface area contributed by atoms with Crippen molar-refractivity contribution < 1.29 is 18.3 Å². The number of thiophene rings is 1. The molecule has 2 N–H and O–H groups in total. The summed E-state index contributed by atoms with van der Waals surface area (Å²) in [6.45, 7) is 3.06. The lowest BCUT2D eigenvalue weighted by molar-refractivity contribution is -0.0514. The van der Waals surface area contributed by atoms with Crippen LogP contribution in [-0.4, -0.2) is 25.7 Å². The number of ether oxygens (including phenoxy) is 2. The van der Waals surface area contributed by atoms with E-state index in [4.69, 9.17) is 4.74 Å². The van der Waals surface area contributed by atoms with Gasteiger partial charge in [0, 0.05) is 13.1 Å². The molecule has 1 aromatic heterocycles. The number of guanidine groups is 1. The minimum absolute atomic E-state index is 0. The molecular formula is C18H24F2IN3O2S. The van der Waals surface area contributed by atoms with Crippen molar-refractivity contribution in [2.24, 2.45) is 4.99 Å². The van der Waals surface area contributed by atoms with Gasteiger partial charge < -0.3 is 20.1 Å². The van der Waals surface area contributed by atoms with Gasteiger partial charge in [0.05, 0.1) is 13.2 Å². The molecule has 0 bridgehead atoms. The van der Waals surface area contributed by atoms with Crippen LogP contribution in [0.1, 0.15) is 25.0 Å². The van der Waals surface area contributed by atoms with Gasteiger partial charge in [0.15, 0.2) is 17.5 Å². The highest BCUT2D eigenvalue weighted by atomic mass is 127. The van der Waals surface area contributed by atoms with E-state index in [1.165, 1.54) is 6.07 Å². The Morgan fingerprint density at radius 3 is 2.59 bits per heavy atom. The van der Waals surface area contributed by atoms with Gasteiger partial charge in [0.1, 0.15) is 0 Å². The van der Waals surface area contributed by atoms with Crippen molar-refractivity contribution >= 4 is 41.3 Å². The molecule has 0 radical (unpaired) electrons. The number of halogens is 3. The molecule has 0 aliphatic heterocycles. The van der Waals surface area contributed by atoms with Crippen LogP contribution in [0, 0.1) is 0 Å². The molecule has 150 valence electrons. The molecule has 0 unspecified atom stereocenters. The largest absolute Gasteiger partial charge is 0.490 e. The molecule has 0 amide bonds. The average molecular weight is 511 g/mol. The lowest BCUT2D eigenvalue weighted by Crippen LogP contribution is -2.36. The Hall–Kier alpha value is -1.62. The molecule has 0 aliphatic rings. The number of nitrogens with one attached hydrogen (secondary N) is 2. The van der Waals surface area contributed by atoms with Gasteiger partial charge in [0.2, 0.25) is 0 Å². The van der Waals surface area contributed by atoms with Gasteiger partial charge in [-0.25, -0.2) is 4.99 Å². The minimum Gasteiger partial charge on any atom is -0.490 e. The zero-order valence-corrected chi connectivity index (χ0v) is 18.4. The Morgan fingerprint density at radius 1 is 1.15 bits per heavy atom. The van der Waals surface area contributed by atoms with E-state index in [0.29, 0.717) is 31.4 Å². The quantitative estimate of drug-likeness (QED) is 0.293. The molecule has 5 nitrogen and oxygen atoms in total. The maximum Gasteiger partial charge on any atom is 0.387 e. The number of nitrogens with zero attached hydrogens (tertiary/aromatic N) is 1. The predicted octanol–water partition coefficient (Wildman–Crippen LogP) is 4.62. The second-order valence-corrected chi connectivity index (χ2v) is 6.05. The van der Waals surface area contributed by atoms with E-state index in [9.17, 15) is 8.78 Å². The van der Waals surface area contributed by atoms with Gasteiger partial charge >= 0.3 is 6.61 Å².